The summed E-state index contributed by atoms with van der Waals surface area (Å²) in [5.41, 5.74) is 8.51. The molecule has 0 aliphatic heterocycles. The minimum absolute atomic E-state index is 0.494. The van der Waals surface area contributed by atoms with Crippen LogP contribution in [0.3, 0.4) is 0 Å². The number of nitrogens with zero attached hydrogens (tertiary/aromatic N) is 3. The number of nitrogen functional groups attached to an aromatic ring is 1. The number of halogens is 1. The topological polar surface area (TPSA) is 77.8 Å². The van der Waals surface area contributed by atoms with Gasteiger partial charge in [-0.2, -0.15) is 4.98 Å². The molecule has 0 aliphatic carbocycles. The third kappa shape index (κ3) is 2.73. The van der Waals surface area contributed by atoms with Crippen LogP contribution in [0.1, 0.15) is 17.1 Å². The highest BCUT2D eigenvalue weighted by Gasteiger charge is 2.11. The van der Waals surface area contributed by atoms with Crippen LogP contribution in [0.4, 0.5) is 5.13 Å². The minimum Gasteiger partial charge on any atom is -0.375 e. The van der Waals surface area contributed by atoms with Gasteiger partial charge in [0.05, 0.1) is 12.1 Å². The summed E-state index contributed by atoms with van der Waals surface area (Å²) in [5.74, 6) is 1.10. The van der Waals surface area contributed by atoms with Crippen molar-refractivity contribution < 1.29 is 4.52 Å². The fraction of sp³-hybridized carbons (Fsp3) is 0.154. The van der Waals surface area contributed by atoms with E-state index in [9.17, 15) is 0 Å². The monoisotopic (exact) mass is 350 g/mol. The van der Waals surface area contributed by atoms with Crippen LogP contribution >= 0.6 is 27.3 Å². The van der Waals surface area contributed by atoms with Crippen molar-refractivity contribution in [3.8, 4) is 11.4 Å². The van der Waals surface area contributed by atoms with Gasteiger partial charge in [-0.1, -0.05) is 33.2 Å². The molecule has 1 aromatic carbocycles. The average molecular weight is 351 g/mol. The summed E-state index contributed by atoms with van der Waals surface area (Å²) in [6.07, 6.45) is 0.494. The lowest BCUT2D eigenvalue weighted by Crippen LogP contribution is -1.90. The van der Waals surface area contributed by atoms with Crippen LogP contribution in [-0.4, -0.2) is 15.1 Å². The van der Waals surface area contributed by atoms with Crippen LogP contribution in [0, 0.1) is 6.92 Å². The molecule has 0 fully saturated rings. The lowest BCUT2D eigenvalue weighted by Gasteiger charge is -1.99. The molecular weight excluding hydrogens is 340 g/mol. The van der Waals surface area contributed by atoms with Crippen LogP contribution in [0.15, 0.2) is 32.6 Å². The normalized spacial score (nSPS) is 10.9. The van der Waals surface area contributed by atoms with Gasteiger partial charge in [0.2, 0.25) is 11.7 Å². The largest absolute Gasteiger partial charge is 0.375 e. The molecule has 102 valence electrons. The lowest BCUT2D eigenvalue weighted by molar-refractivity contribution is 0.385. The maximum Gasteiger partial charge on any atom is 0.233 e. The molecule has 0 amide bonds. The molecule has 20 heavy (non-hydrogen) atoms. The Morgan fingerprint density at radius 1 is 1.35 bits per heavy atom. The highest BCUT2D eigenvalue weighted by Crippen LogP contribution is 2.24. The zero-order chi connectivity index (χ0) is 14.1. The smallest absolute Gasteiger partial charge is 0.233 e. The SMILES string of the molecule is Cc1ccc(-c2noc(Cc3csc(N)n3)n2)cc1Br. The van der Waals surface area contributed by atoms with E-state index in [1.807, 2.05) is 30.5 Å². The number of rotatable bonds is 3. The number of benzene rings is 1. The van der Waals surface area contributed by atoms with Gasteiger partial charge in [-0.25, -0.2) is 4.98 Å². The van der Waals surface area contributed by atoms with Crippen LogP contribution in [-0.2, 0) is 6.42 Å². The predicted molar refractivity (Wildman–Crippen MR) is 81.5 cm³/mol. The zero-order valence-electron chi connectivity index (χ0n) is 10.6. The molecular formula is C13H11BrN4OS. The molecule has 0 saturated carbocycles. The Labute approximate surface area is 128 Å². The molecule has 3 rings (SSSR count). The molecule has 0 spiro atoms. The van der Waals surface area contributed by atoms with E-state index in [4.69, 9.17) is 10.3 Å². The van der Waals surface area contributed by atoms with E-state index in [0.29, 0.717) is 23.3 Å². The highest BCUT2D eigenvalue weighted by atomic mass is 79.9. The summed E-state index contributed by atoms with van der Waals surface area (Å²) in [6.45, 7) is 2.03. The van der Waals surface area contributed by atoms with Gasteiger partial charge >= 0.3 is 0 Å². The van der Waals surface area contributed by atoms with Crippen molar-refractivity contribution in [3.63, 3.8) is 0 Å². The first kappa shape index (κ1) is 13.3. The average Bonchev–Trinajstić information content (AvgIpc) is 3.03. The first-order chi connectivity index (χ1) is 9.61. The Morgan fingerprint density at radius 3 is 2.90 bits per heavy atom. The summed E-state index contributed by atoms with van der Waals surface area (Å²) in [5, 5.41) is 6.43. The Kier molecular flexibility index (Phi) is 3.54. The van der Waals surface area contributed by atoms with E-state index >= 15 is 0 Å². The van der Waals surface area contributed by atoms with Crippen LogP contribution < -0.4 is 5.73 Å². The van der Waals surface area contributed by atoms with E-state index in [-0.39, 0.29) is 0 Å². The number of aryl methyl sites for hydroxylation is 1. The molecule has 7 heteroatoms. The van der Waals surface area contributed by atoms with Crippen molar-refractivity contribution >= 4 is 32.4 Å². The van der Waals surface area contributed by atoms with Gasteiger partial charge in [0.1, 0.15) is 0 Å². The van der Waals surface area contributed by atoms with Crippen LogP contribution in [0.5, 0.6) is 0 Å². The maximum absolute atomic E-state index is 5.59. The number of aromatic nitrogens is 3. The van der Waals surface area contributed by atoms with Gasteiger partial charge in [-0.3, -0.25) is 0 Å². The molecule has 2 aromatic heterocycles. The molecule has 2 N–H and O–H groups in total. The van der Waals surface area contributed by atoms with E-state index in [1.54, 1.807) is 0 Å². The maximum atomic E-state index is 5.59. The van der Waals surface area contributed by atoms with Crippen molar-refractivity contribution in [1.29, 1.82) is 0 Å². The number of hydrogen-bond acceptors (Lipinski definition) is 6. The van der Waals surface area contributed by atoms with Crippen molar-refractivity contribution in [1.82, 2.24) is 15.1 Å². The van der Waals surface area contributed by atoms with E-state index in [1.165, 1.54) is 11.3 Å². The van der Waals surface area contributed by atoms with Crippen LogP contribution in [0.2, 0.25) is 0 Å². The van der Waals surface area contributed by atoms with Gasteiger partial charge < -0.3 is 10.3 Å². The van der Waals surface area contributed by atoms with Crippen molar-refractivity contribution in [2.24, 2.45) is 0 Å². The summed E-state index contributed by atoms with van der Waals surface area (Å²) in [7, 11) is 0. The van der Waals surface area contributed by atoms with Crippen molar-refractivity contribution in [3.05, 3.63) is 45.2 Å². The number of nitrogens with two attached hydrogens (primary N) is 1. The van der Waals surface area contributed by atoms with Gasteiger partial charge in [0.25, 0.3) is 0 Å². The fourth-order valence-corrected chi connectivity index (χ4v) is 2.68. The summed E-state index contributed by atoms with van der Waals surface area (Å²) in [6, 6.07) is 5.96. The van der Waals surface area contributed by atoms with E-state index in [2.05, 4.69) is 31.1 Å². The number of anilines is 1. The second kappa shape index (κ2) is 5.34. The predicted octanol–water partition coefficient (Wildman–Crippen LogP) is 3.44. The third-order valence-electron chi connectivity index (χ3n) is 2.80. The molecule has 0 saturated heterocycles. The van der Waals surface area contributed by atoms with E-state index < -0.39 is 0 Å². The second-order valence-corrected chi connectivity index (χ2v) is 6.07. The van der Waals surface area contributed by atoms with Crippen LogP contribution in [0.25, 0.3) is 11.4 Å². The fourth-order valence-electron chi connectivity index (χ4n) is 1.73. The molecule has 0 aliphatic rings. The Hall–Kier alpha value is -1.73. The van der Waals surface area contributed by atoms with Gasteiger partial charge in [0, 0.05) is 15.4 Å². The Bertz CT molecular complexity index is 752. The molecule has 5 nitrogen and oxygen atoms in total. The Morgan fingerprint density at radius 2 is 2.20 bits per heavy atom. The number of hydrogen-bond donors (Lipinski definition) is 1. The second-order valence-electron chi connectivity index (χ2n) is 4.33. The first-order valence-electron chi connectivity index (χ1n) is 5.91. The van der Waals surface area contributed by atoms with Gasteiger partial charge in [-0.05, 0) is 18.6 Å². The van der Waals surface area contributed by atoms with Gasteiger partial charge in [0.15, 0.2) is 5.13 Å². The third-order valence-corrected chi connectivity index (χ3v) is 4.38. The highest BCUT2D eigenvalue weighted by molar-refractivity contribution is 9.10. The molecule has 0 unspecified atom stereocenters. The molecule has 0 radical (unpaired) electrons. The summed E-state index contributed by atoms with van der Waals surface area (Å²) in [4.78, 5) is 8.56. The minimum atomic E-state index is 0.494. The van der Waals surface area contributed by atoms with Crippen molar-refractivity contribution in [2.45, 2.75) is 13.3 Å². The summed E-state index contributed by atoms with van der Waals surface area (Å²) >= 11 is 4.90. The number of thiazole rings is 1. The standard InChI is InChI=1S/C13H11BrN4OS/c1-7-2-3-8(4-10(7)14)12-17-11(19-18-12)5-9-6-20-13(15)16-9/h2-4,6H,5H2,1H3,(H2,15,16). The lowest BCUT2D eigenvalue weighted by atomic mass is 10.1. The zero-order valence-corrected chi connectivity index (χ0v) is 13.0. The summed E-state index contributed by atoms with van der Waals surface area (Å²) < 4.78 is 6.27. The quantitative estimate of drug-likeness (QED) is 0.782. The molecule has 2 heterocycles. The first-order valence-corrected chi connectivity index (χ1v) is 7.58. The molecule has 0 atom stereocenters. The van der Waals surface area contributed by atoms with Crippen molar-refractivity contribution in [2.75, 3.05) is 5.73 Å². The van der Waals surface area contributed by atoms with Gasteiger partial charge in [-0.15, -0.1) is 11.3 Å². The molecule has 3 aromatic rings. The Balaban J connectivity index is 1.84. The van der Waals surface area contributed by atoms with E-state index in [0.717, 1.165) is 21.3 Å². The molecule has 0 bridgehead atoms.